The monoisotopic (exact) mass is 580 g/mol. The summed E-state index contributed by atoms with van der Waals surface area (Å²) >= 11 is 0. The van der Waals surface area contributed by atoms with Crippen molar-refractivity contribution in [2.45, 2.75) is 26.2 Å². The molecule has 13 heteroatoms. The van der Waals surface area contributed by atoms with Crippen LogP contribution in [0.3, 0.4) is 0 Å². The number of carbonyl (C=O) groups excluding carboxylic acids is 1. The minimum absolute atomic E-state index is 0.216. The molecule has 0 saturated carbocycles. The van der Waals surface area contributed by atoms with Crippen molar-refractivity contribution < 1.29 is 18.1 Å². The molecule has 216 valence electrons. The maximum absolute atomic E-state index is 15.5. The van der Waals surface area contributed by atoms with Crippen LogP contribution in [0.1, 0.15) is 25.5 Å². The first-order chi connectivity index (χ1) is 19.7. The summed E-state index contributed by atoms with van der Waals surface area (Å²) in [6.45, 7) is 4.62. The topological polar surface area (TPSA) is 118 Å². The normalized spacial score (nSPS) is 16.8. The van der Waals surface area contributed by atoms with E-state index < -0.39 is 15.5 Å². The highest BCUT2D eigenvalue weighted by molar-refractivity contribution is 7.92. The first kappa shape index (κ1) is 28.4. The Labute approximate surface area is 238 Å². The van der Waals surface area contributed by atoms with Gasteiger partial charge in [0.05, 0.1) is 18.2 Å². The van der Waals surface area contributed by atoms with E-state index in [0.717, 1.165) is 30.9 Å². The second kappa shape index (κ2) is 11.8. The SMILES string of the molecule is CCCc1c(F)c2cnc(N=C3C=CC(N4CCN(C(=O)OC)CC4)=CC3)nc2n1-c1cccc(N=S(C)(C)=O)n1. The van der Waals surface area contributed by atoms with Crippen LogP contribution in [0.25, 0.3) is 16.9 Å². The van der Waals surface area contributed by atoms with Gasteiger partial charge in [-0.05, 0) is 30.7 Å². The van der Waals surface area contributed by atoms with Gasteiger partial charge in [0.15, 0.2) is 17.3 Å². The molecule has 2 aliphatic rings. The van der Waals surface area contributed by atoms with Gasteiger partial charge < -0.3 is 14.5 Å². The standard InChI is InChI=1S/C28H33FN8O3S/c1-5-7-22-25(29)21-18-30-27(33-26(21)37(22)24-9-6-8-23(32-24)34-41(3,4)39)31-19-10-12-20(13-11-19)35-14-16-36(17-15-35)28(38)40-2/h6,8-10,12-13,18H,5,7,11,14-17H2,1-4H3. The van der Waals surface area contributed by atoms with Crippen LogP contribution in [0, 0.1) is 5.82 Å². The van der Waals surface area contributed by atoms with Gasteiger partial charge in [-0.1, -0.05) is 25.5 Å². The van der Waals surface area contributed by atoms with Gasteiger partial charge in [-0.2, -0.15) is 9.35 Å². The van der Waals surface area contributed by atoms with Crippen LogP contribution in [0.4, 0.5) is 21.0 Å². The molecule has 4 heterocycles. The third-order valence-corrected chi connectivity index (χ3v) is 7.39. The number of ether oxygens (including phenoxy) is 1. The van der Waals surface area contributed by atoms with E-state index in [1.54, 1.807) is 27.7 Å². The number of halogens is 1. The second-order valence-electron chi connectivity index (χ2n) is 10.1. The molecular weight excluding hydrogens is 547 g/mol. The first-order valence-electron chi connectivity index (χ1n) is 13.4. The third-order valence-electron chi connectivity index (χ3n) is 6.76. The summed E-state index contributed by atoms with van der Waals surface area (Å²) in [7, 11) is -1.03. The fourth-order valence-corrected chi connectivity index (χ4v) is 5.44. The number of hydrogen-bond donors (Lipinski definition) is 0. The number of fused-ring (bicyclic) bond motifs is 1. The Morgan fingerprint density at radius 3 is 2.59 bits per heavy atom. The number of nitrogens with zero attached hydrogens (tertiary/aromatic N) is 8. The predicted octanol–water partition coefficient (Wildman–Crippen LogP) is 4.57. The number of rotatable bonds is 6. The number of hydrogen-bond acceptors (Lipinski definition) is 9. The second-order valence-corrected chi connectivity index (χ2v) is 12.6. The number of carbonyl (C=O) groups is 1. The molecule has 0 radical (unpaired) electrons. The van der Waals surface area contributed by atoms with E-state index in [-0.39, 0.29) is 17.4 Å². The average molecular weight is 581 g/mol. The molecular formula is C28H33FN8O3S. The van der Waals surface area contributed by atoms with E-state index in [2.05, 4.69) is 35.3 Å². The smallest absolute Gasteiger partial charge is 0.409 e. The van der Waals surface area contributed by atoms with E-state index >= 15 is 4.39 Å². The van der Waals surface area contributed by atoms with Crippen LogP contribution in [0.2, 0.25) is 0 Å². The number of allylic oxidation sites excluding steroid dienone is 3. The zero-order valence-electron chi connectivity index (χ0n) is 23.6. The molecule has 3 aromatic rings. The molecule has 1 saturated heterocycles. The number of methoxy groups -OCH3 is 1. The Morgan fingerprint density at radius 2 is 1.93 bits per heavy atom. The highest BCUT2D eigenvalue weighted by atomic mass is 32.2. The summed E-state index contributed by atoms with van der Waals surface area (Å²) in [5.41, 5.74) is 2.65. The summed E-state index contributed by atoms with van der Waals surface area (Å²) in [5.74, 6) is 0.561. The Bertz CT molecular complexity index is 1690. The predicted molar refractivity (Wildman–Crippen MR) is 157 cm³/mol. The summed E-state index contributed by atoms with van der Waals surface area (Å²) in [5, 5.41) is 0.281. The lowest BCUT2D eigenvalue weighted by Crippen LogP contribution is -2.48. The summed E-state index contributed by atoms with van der Waals surface area (Å²) in [6, 6.07) is 5.17. The fraction of sp³-hybridized carbons (Fsp3) is 0.393. The molecule has 0 N–H and O–H groups in total. The minimum atomic E-state index is -2.42. The number of amides is 1. The van der Waals surface area contributed by atoms with E-state index in [9.17, 15) is 9.00 Å². The van der Waals surface area contributed by atoms with Gasteiger partial charge in [-0.25, -0.2) is 28.4 Å². The van der Waals surface area contributed by atoms with Crippen molar-refractivity contribution >= 4 is 44.3 Å². The van der Waals surface area contributed by atoms with E-state index in [1.807, 2.05) is 19.1 Å². The van der Waals surface area contributed by atoms with Crippen molar-refractivity contribution in [2.75, 3.05) is 45.8 Å². The first-order valence-corrected chi connectivity index (χ1v) is 15.7. The Morgan fingerprint density at radius 1 is 1.15 bits per heavy atom. The molecule has 5 rings (SSSR count). The minimum Gasteiger partial charge on any atom is -0.453 e. The van der Waals surface area contributed by atoms with Crippen LogP contribution in [0.5, 0.6) is 0 Å². The van der Waals surface area contributed by atoms with Gasteiger partial charge in [-0.3, -0.25) is 4.57 Å². The Kier molecular flexibility index (Phi) is 8.15. The molecule has 1 aliphatic heterocycles. The molecule has 0 unspecified atom stereocenters. The molecule has 0 atom stereocenters. The highest BCUT2D eigenvalue weighted by Crippen LogP contribution is 2.29. The lowest BCUT2D eigenvalue weighted by atomic mass is 10.1. The van der Waals surface area contributed by atoms with Crippen LogP contribution >= 0.6 is 0 Å². The fourth-order valence-electron chi connectivity index (χ4n) is 4.89. The van der Waals surface area contributed by atoms with Crippen molar-refractivity contribution in [3.8, 4) is 5.82 Å². The van der Waals surface area contributed by atoms with Gasteiger partial charge >= 0.3 is 6.09 Å². The van der Waals surface area contributed by atoms with Crippen LogP contribution in [-0.4, -0.2) is 91.1 Å². The van der Waals surface area contributed by atoms with Crippen molar-refractivity contribution in [1.29, 1.82) is 0 Å². The van der Waals surface area contributed by atoms with Crippen molar-refractivity contribution in [1.82, 2.24) is 29.3 Å². The zero-order valence-corrected chi connectivity index (χ0v) is 24.4. The van der Waals surface area contributed by atoms with E-state index in [1.165, 1.54) is 25.8 Å². The molecule has 1 fully saturated rings. The average Bonchev–Trinajstić information content (AvgIpc) is 3.23. The number of aromatic nitrogens is 4. The van der Waals surface area contributed by atoms with E-state index in [4.69, 9.17) is 4.74 Å². The summed E-state index contributed by atoms with van der Waals surface area (Å²) < 4.78 is 38.5. The van der Waals surface area contributed by atoms with Gasteiger partial charge in [-0.15, -0.1) is 0 Å². The zero-order chi connectivity index (χ0) is 29.1. The van der Waals surface area contributed by atoms with Crippen molar-refractivity contribution in [3.05, 3.63) is 59.8 Å². The molecule has 1 aliphatic carbocycles. The van der Waals surface area contributed by atoms with Gasteiger partial charge in [0, 0.05) is 72.4 Å². The maximum Gasteiger partial charge on any atom is 0.409 e. The lowest BCUT2D eigenvalue weighted by molar-refractivity contribution is 0.101. The van der Waals surface area contributed by atoms with Gasteiger partial charge in [0.1, 0.15) is 5.82 Å². The molecule has 0 bridgehead atoms. The molecule has 1 amide bonds. The van der Waals surface area contributed by atoms with Gasteiger partial charge in [0.25, 0.3) is 5.95 Å². The number of pyridine rings is 1. The number of aliphatic imine (C=N–C) groups is 1. The molecule has 0 spiro atoms. The van der Waals surface area contributed by atoms with Crippen LogP contribution in [0.15, 0.2) is 57.7 Å². The molecule has 11 nitrogen and oxygen atoms in total. The largest absolute Gasteiger partial charge is 0.453 e. The summed E-state index contributed by atoms with van der Waals surface area (Å²) in [4.78, 5) is 33.8. The number of piperazine rings is 1. The van der Waals surface area contributed by atoms with E-state index in [0.29, 0.717) is 48.9 Å². The molecule has 3 aromatic heterocycles. The quantitative estimate of drug-likeness (QED) is 0.419. The lowest BCUT2D eigenvalue weighted by Gasteiger charge is -2.36. The third kappa shape index (κ3) is 6.29. The maximum atomic E-state index is 15.5. The highest BCUT2D eigenvalue weighted by Gasteiger charge is 2.23. The summed E-state index contributed by atoms with van der Waals surface area (Å²) in [6.07, 6.45) is 12.0. The Balaban J connectivity index is 1.43. The molecule has 0 aromatic carbocycles. The van der Waals surface area contributed by atoms with Gasteiger partial charge in [0.2, 0.25) is 0 Å². The Hall–Kier alpha value is -4.13. The van der Waals surface area contributed by atoms with Crippen LogP contribution < -0.4 is 0 Å². The van der Waals surface area contributed by atoms with Crippen LogP contribution in [-0.2, 0) is 20.9 Å². The van der Waals surface area contributed by atoms with Crippen molar-refractivity contribution in [3.63, 3.8) is 0 Å². The van der Waals surface area contributed by atoms with Crippen molar-refractivity contribution in [2.24, 2.45) is 9.36 Å². The molecule has 41 heavy (non-hydrogen) atoms.